The van der Waals surface area contributed by atoms with E-state index in [9.17, 15) is 0 Å². The molecule has 0 radical (unpaired) electrons. The van der Waals surface area contributed by atoms with Crippen LogP contribution in [0.1, 0.15) is 56.3 Å². The molecule has 1 aliphatic carbocycles. The molecule has 152 valence electrons. The highest BCUT2D eigenvalue weighted by Crippen LogP contribution is 2.46. The van der Waals surface area contributed by atoms with Crippen molar-refractivity contribution in [1.29, 1.82) is 0 Å². The van der Waals surface area contributed by atoms with Crippen molar-refractivity contribution >= 4 is 29.9 Å². The monoisotopic (exact) mass is 495 g/mol. The zero-order valence-corrected chi connectivity index (χ0v) is 19.0. The molecule has 1 atom stereocenters. The van der Waals surface area contributed by atoms with Crippen LogP contribution in [0, 0.1) is 0 Å². The van der Waals surface area contributed by atoms with Crippen LogP contribution in [-0.4, -0.2) is 27.9 Å². The van der Waals surface area contributed by atoms with Crippen LogP contribution in [0.4, 0.5) is 0 Å². The van der Waals surface area contributed by atoms with E-state index in [0.717, 1.165) is 43.2 Å². The lowest BCUT2D eigenvalue weighted by molar-refractivity contribution is 0.0396. The number of aryl methyl sites for hydroxylation is 1. The highest BCUT2D eigenvalue weighted by Gasteiger charge is 2.43. The lowest BCUT2D eigenvalue weighted by Crippen LogP contribution is -2.46. The fourth-order valence-corrected chi connectivity index (χ4v) is 4.27. The van der Waals surface area contributed by atoms with Gasteiger partial charge in [-0.15, -0.1) is 24.0 Å². The molecule has 1 aromatic carbocycles. The first-order valence-electron chi connectivity index (χ1n) is 9.99. The first-order valence-corrected chi connectivity index (χ1v) is 9.99. The van der Waals surface area contributed by atoms with Crippen LogP contribution in [0.15, 0.2) is 41.5 Å². The highest BCUT2D eigenvalue weighted by atomic mass is 127. The molecule has 1 saturated carbocycles. The molecule has 2 aromatic rings. The third kappa shape index (κ3) is 4.45. The van der Waals surface area contributed by atoms with Gasteiger partial charge in [-0.25, -0.2) is 4.99 Å². The van der Waals surface area contributed by atoms with Crippen LogP contribution < -0.4 is 15.4 Å². The molecular formula is C21H30IN5O. The molecule has 0 saturated heterocycles. The van der Waals surface area contributed by atoms with Gasteiger partial charge in [-0.1, -0.05) is 18.2 Å². The van der Waals surface area contributed by atoms with Gasteiger partial charge >= 0.3 is 0 Å². The van der Waals surface area contributed by atoms with Crippen molar-refractivity contribution < 1.29 is 4.74 Å². The van der Waals surface area contributed by atoms with E-state index in [1.165, 1.54) is 18.4 Å². The maximum atomic E-state index is 6.47. The number of hydrogen-bond acceptors (Lipinski definition) is 3. The number of halogens is 1. The fourth-order valence-electron chi connectivity index (χ4n) is 4.27. The van der Waals surface area contributed by atoms with Gasteiger partial charge in [0.15, 0.2) is 5.96 Å². The number of nitrogens with zero attached hydrogens (tertiary/aromatic N) is 3. The number of benzene rings is 1. The van der Waals surface area contributed by atoms with Crippen LogP contribution in [0.5, 0.6) is 5.75 Å². The summed E-state index contributed by atoms with van der Waals surface area (Å²) in [5.41, 5.74) is 2.29. The summed E-state index contributed by atoms with van der Waals surface area (Å²) >= 11 is 0. The molecule has 7 heteroatoms. The molecule has 2 aliphatic rings. The lowest BCUT2D eigenvalue weighted by Gasteiger charge is -2.40. The maximum absolute atomic E-state index is 6.47. The van der Waals surface area contributed by atoms with Crippen molar-refractivity contribution in [2.24, 2.45) is 12.0 Å². The maximum Gasteiger partial charge on any atom is 0.192 e. The molecule has 1 aliphatic heterocycles. The lowest BCUT2D eigenvalue weighted by atomic mass is 9.86. The third-order valence-electron chi connectivity index (χ3n) is 5.69. The molecule has 1 unspecified atom stereocenters. The van der Waals surface area contributed by atoms with E-state index >= 15 is 0 Å². The predicted molar refractivity (Wildman–Crippen MR) is 122 cm³/mol. The van der Waals surface area contributed by atoms with E-state index in [4.69, 9.17) is 9.73 Å². The number of fused-ring (bicyclic) bond motifs is 1. The molecule has 28 heavy (non-hydrogen) atoms. The van der Waals surface area contributed by atoms with Crippen molar-refractivity contribution in [3.63, 3.8) is 0 Å². The number of hydrogen-bond donors (Lipinski definition) is 2. The van der Waals surface area contributed by atoms with E-state index in [-0.39, 0.29) is 35.6 Å². The van der Waals surface area contributed by atoms with Crippen LogP contribution in [0.3, 0.4) is 0 Å². The van der Waals surface area contributed by atoms with Gasteiger partial charge in [-0.2, -0.15) is 5.10 Å². The van der Waals surface area contributed by atoms with Crippen molar-refractivity contribution in [3.05, 3.63) is 47.8 Å². The summed E-state index contributed by atoms with van der Waals surface area (Å²) < 4.78 is 8.34. The average molecular weight is 495 g/mol. The summed E-state index contributed by atoms with van der Waals surface area (Å²) in [6, 6.07) is 10.6. The molecule has 2 heterocycles. The number of guanidine groups is 1. The van der Waals surface area contributed by atoms with Gasteiger partial charge in [-0.05, 0) is 44.7 Å². The summed E-state index contributed by atoms with van der Waals surface area (Å²) in [4.78, 5) is 4.79. The van der Waals surface area contributed by atoms with Gasteiger partial charge in [0.1, 0.15) is 11.4 Å². The molecule has 1 fully saturated rings. The van der Waals surface area contributed by atoms with Gasteiger partial charge in [-0.3, -0.25) is 4.68 Å². The molecule has 6 nitrogen and oxygen atoms in total. The van der Waals surface area contributed by atoms with Crippen LogP contribution >= 0.6 is 24.0 Å². The van der Waals surface area contributed by atoms with Crippen molar-refractivity contribution in [2.45, 2.75) is 57.2 Å². The first-order chi connectivity index (χ1) is 13.2. The van der Waals surface area contributed by atoms with E-state index in [1.54, 1.807) is 0 Å². The van der Waals surface area contributed by atoms with Crippen molar-refractivity contribution in [1.82, 2.24) is 20.4 Å². The Morgan fingerprint density at radius 3 is 2.79 bits per heavy atom. The van der Waals surface area contributed by atoms with Gasteiger partial charge in [0, 0.05) is 31.8 Å². The molecular weight excluding hydrogens is 465 g/mol. The average Bonchev–Trinajstić information content (AvgIpc) is 3.29. The zero-order valence-electron chi connectivity index (χ0n) is 16.6. The SMILES string of the molecule is CCNC(=NCc1ccnn1C)NC1CC2(CCCC2)Oc2ccccc21.I. The topological polar surface area (TPSA) is 63.5 Å². The van der Waals surface area contributed by atoms with Crippen LogP contribution in [0.2, 0.25) is 0 Å². The number of aliphatic imine (C=N–C) groups is 1. The number of aromatic nitrogens is 2. The second-order valence-electron chi connectivity index (χ2n) is 7.57. The number of nitrogens with one attached hydrogen (secondary N) is 2. The Morgan fingerprint density at radius 2 is 2.07 bits per heavy atom. The number of ether oxygens (including phenoxy) is 1. The smallest absolute Gasteiger partial charge is 0.192 e. The van der Waals surface area contributed by atoms with Crippen LogP contribution in [-0.2, 0) is 13.6 Å². The van der Waals surface area contributed by atoms with E-state index in [2.05, 4.69) is 46.9 Å². The van der Waals surface area contributed by atoms with E-state index < -0.39 is 0 Å². The third-order valence-corrected chi connectivity index (χ3v) is 5.69. The molecule has 0 amide bonds. The standard InChI is InChI=1S/C21H29N5O.HI/c1-3-22-20(23-15-16-10-13-24-26(16)2)25-18-14-21(11-6-7-12-21)27-19-9-5-4-8-17(18)19;/h4-5,8-10,13,18H,3,6-7,11-12,14-15H2,1-2H3,(H2,22,23,25);1H. The Kier molecular flexibility index (Phi) is 6.85. The van der Waals surface area contributed by atoms with Crippen molar-refractivity contribution in [2.75, 3.05) is 6.54 Å². The largest absolute Gasteiger partial charge is 0.487 e. The van der Waals surface area contributed by atoms with Gasteiger partial charge in [0.2, 0.25) is 0 Å². The Bertz CT molecular complexity index is 813. The zero-order chi connectivity index (χ0) is 18.7. The van der Waals surface area contributed by atoms with Gasteiger partial charge in [0.05, 0.1) is 18.3 Å². The Hall–Kier alpha value is -1.77. The Labute approximate surface area is 184 Å². The molecule has 1 aromatic heterocycles. The summed E-state index contributed by atoms with van der Waals surface area (Å²) in [6.07, 6.45) is 7.58. The second kappa shape index (κ2) is 9.15. The molecule has 4 rings (SSSR count). The summed E-state index contributed by atoms with van der Waals surface area (Å²) in [6.45, 7) is 3.52. The highest BCUT2D eigenvalue weighted by molar-refractivity contribution is 14.0. The molecule has 2 N–H and O–H groups in total. The minimum absolute atomic E-state index is 0. The van der Waals surface area contributed by atoms with E-state index in [0.29, 0.717) is 6.54 Å². The minimum atomic E-state index is -0.0224. The number of para-hydroxylation sites is 1. The summed E-state index contributed by atoms with van der Waals surface area (Å²) in [5, 5.41) is 11.3. The first kappa shape index (κ1) is 21.0. The summed E-state index contributed by atoms with van der Waals surface area (Å²) in [5.74, 6) is 1.86. The van der Waals surface area contributed by atoms with Crippen LogP contribution in [0.25, 0.3) is 0 Å². The van der Waals surface area contributed by atoms with E-state index in [1.807, 2.05) is 24.0 Å². The molecule has 1 spiro atoms. The quantitative estimate of drug-likeness (QED) is 0.384. The Morgan fingerprint density at radius 1 is 1.29 bits per heavy atom. The minimum Gasteiger partial charge on any atom is -0.487 e. The molecule has 0 bridgehead atoms. The van der Waals surface area contributed by atoms with Crippen molar-refractivity contribution in [3.8, 4) is 5.75 Å². The predicted octanol–water partition coefficient (Wildman–Crippen LogP) is 3.93. The van der Waals surface area contributed by atoms with Gasteiger partial charge < -0.3 is 15.4 Å². The number of rotatable bonds is 4. The van der Waals surface area contributed by atoms with Gasteiger partial charge in [0.25, 0.3) is 0 Å². The normalized spacial score (nSPS) is 20.2. The Balaban J connectivity index is 0.00000225. The fraction of sp³-hybridized carbons (Fsp3) is 0.524. The summed E-state index contributed by atoms with van der Waals surface area (Å²) in [7, 11) is 1.95. The second-order valence-corrected chi connectivity index (χ2v) is 7.57.